The van der Waals surface area contributed by atoms with E-state index in [-0.39, 0.29) is 23.4 Å². The van der Waals surface area contributed by atoms with Gasteiger partial charge in [0.1, 0.15) is 0 Å². The van der Waals surface area contributed by atoms with Crippen LogP contribution < -0.4 is 0 Å². The van der Waals surface area contributed by atoms with Crippen LogP contribution in [0.3, 0.4) is 0 Å². The first-order chi connectivity index (χ1) is 15.4. The summed E-state index contributed by atoms with van der Waals surface area (Å²) < 4.78 is 0. The first kappa shape index (κ1) is 25.2. The molecule has 0 heterocycles. The maximum atomic E-state index is 10.8. The van der Waals surface area contributed by atoms with Gasteiger partial charge >= 0.3 is 0 Å². The number of hydrogen-bond donors (Lipinski definition) is 2. The lowest BCUT2D eigenvalue weighted by Gasteiger charge is -2.62. The van der Waals surface area contributed by atoms with Crippen LogP contribution in [0.15, 0.2) is 11.1 Å². The molecule has 2 fully saturated rings. The van der Waals surface area contributed by atoms with E-state index < -0.39 is 6.10 Å². The van der Waals surface area contributed by atoms with E-state index in [0.29, 0.717) is 22.7 Å². The van der Waals surface area contributed by atoms with Crippen LogP contribution in [0.4, 0.5) is 0 Å². The summed E-state index contributed by atoms with van der Waals surface area (Å²) in [5, 5.41) is 29.6. The lowest BCUT2D eigenvalue weighted by molar-refractivity contribution is -0.0962. The Morgan fingerprint density at radius 3 is 2.39 bits per heavy atom. The Morgan fingerprint density at radius 1 is 0.970 bits per heavy atom. The normalized spacial score (nSPS) is 43.8. The Balaban J connectivity index is 1.56. The van der Waals surface area contributed by atoms with Crippen molar-refractivity contribution in [3.8, 4) is 6.07 Å². The molecule has 3 nitrogen and oxygen atoms in total. The first-order valence-electron chi connectivity index (χ1n) is 13.9. The molecule has 0 aliphatic heterocycles. The average Bonchev–Trinajstić information content (AvgIpc) is 3.03. The molecule has 1 unspecified atom stereocenters. The lowest BCUT2D eigenvalue weighted by atomic mass is 9.43. The third kappa shape index (κ3) is 3.74. The van der Waals surface area contributed by atoms with Gasteiger partial charge in [0.2, 0.25) is 0 Å². The van der Waals surface area contributed by atoms with Gasteiger partial charge in [-0.3, -0.25) is 0 Å². The summed E-state index contributed by atoms with van der Waals surface area (Å²) in [7, 11) is 0. The number of aliphatic hydroxyl groups is 2. The van der Waals surface area contributed by atoms with E-state index in [2.05, 4.69) is 47.6 Å². The van der Waals surface area contributed by atoms with Crippen LogP contribution >= 0.6 is 0 Å². The smallest absolute Gasteiger partial charge is 0.0670 e. The minimum atomic E-state index is -0.455. The van der Waals surface area contributed by atoms with Crippen molar-refractivity contribution in [2.24, 2.45) is 39.4 Å². The van der Waals surface area contributed by atoms with Crippen molar-refractivity contribution in [3.63, 3.8) is 0 Å². The number of nitriles is 1. The molecule has 4 aliphatic carbocycles. The van der Waals surface area contributed by atoms with Crippen LogP contribution in [-0.4, -0.2) is 22.4 Å². The minimum absolute atomic E-state index is 0.00994. The van der Waals surface area contributed by atoms with Gasteiger partial charge in [0.15, 0.2) is 0 Å². The van der Waals surface area contributed by atoms with Gasteiger partial charge in [-0.05, 0) is 97.2 Å². The molecule has 2 N–H and O–H groups in total. The standard InChI is InChI=1S/C30H49NO2/c1-20(8-7-9-21(32)15-19-31)22-12-17-30(6)24-10-11-25-27(2,3)26(33)14-16-28(25,4)23(24)13-18-29(22,30)5/h20-22,25-26,32-33H,7-18H2,1-6H3/t20-,21?,22-,25+,26+,28-,29-,30+/m1/s1. The predicted octanol–water partition coefficient (Wildman–Crippen LogP) is 7.18. The summed E-state index contributed by atoms with van der Waals surface area (Å²) in [5.41, 5.74) is 4.57. The summed E-state index contributed by atoms with van der Waals surface area (Å²) in [6, 6.07) is 2.10. The van der Waals surface area contributed by atoms with Crippen molar-refractivity contribution in [1.29, 1.82) is 5.26 Å². The number of nitrogens with zero attached hydrogens (tertiary/aromatic N) is 1. The summed E-state index contributed by atoms with van der Waals surface area (Å²) in [6.07, 6.45) is 12.4. The summed E-state index contributed by atoms with van der Waals surface area (Å²) in [6.45, 7) is 14.9. The van der Waals surface area contributed by atoms with Crippen molar-refractivity contribution in [2.75, 3.05) is 0 Å². The second-order valence-corrected chi connectivity index (χ2v) is 13.7. The van der Waals surface area contributed by atoms with Gasteiger partial charge in [0, 0.05) is 0 Å². The molecule has 2 saturated carbocycles. The van der Waals surface area contributed by atoms with E-state index in [4.69, 9.17) is 5.26 Å². The van der Waals surface area contributed by atoms with E-state index in [0.717, 1.165) is 38.0 Å². The number of allylic oxidation sites excluding steroid dienone is 2. The zero-order valence-electron chi connectivity index (χ0n) is 22.2. The number of fused-ring (bicyclic) bond motifs is 4. The zero-order valence-corrected chi connectivity index (χ0v) is 22.2. The van der Waals surface area contributed by atoms with E-state index in [9.17, 15) is 10.2 Å². The van der Waals surface area contributed by atoms with Crippen molar-refractivity contribution >= 4 is 0 Å². The zero-order chi connectivity index (χ0) is 24.2. The molecule has 3 heteroatoms. The largest absolute Gasteiger partial charge is 0.393 e. The Hall–Kier alpha value is -0.850. The lowest BCUT2D eigenvalue weighted by Crippen LogP contribution is -2.55. The molecule has 8 atom stereocenters. The van der Waals surface area contributed by atoms with Crippen molar-refractivity contribution in [1.82, 2.24) is 0 Å². The SMILES string of the molecule is C[C@H](CCCC(O)CC#N)[C@H]1CC[C@@]2(C)C3=C(CC[C@]12C)[C@@]1(C)CC[C@H](O)C(C)(C)[C@@H]1CC3. The molecule has 4 rings (SSSR count). The minimum Gasteiger partial charge on any atom is -0.393 e. The number of rotatable bonds is 6. The molecule has 0 amide bonds. The Morgan fingerprint density at radius 2 is 1.70 bits per heavy atom. The maximum absolute atomic E-state index is 10.8. The van der Waals surface area contributed by atoms with E-state index in [1.54, 1.807) is 5.57 Å². The van der Waals surface area contributed by atoms with Gasteiger partial charge < -0.3 is 10.2 Å². The van der Waals surface area contributed by atoms with E-state index in [1.807, 2.05) is 5.57 Å². The van der Waals surface area contributed by atoms with Crippen LogP contribution in [-0.2, 0) is 0 Å². The van der Waals surface area contributed by atoms with E-state index in [1.165, 1.54) is 38.5 Å². The Labute approximate surface area is 203 Å². The highest BCUT2D eigenvalue weighted by atomic mass is 16.3. The fourth-order valence-corrected chi connectivity index (χ4v) is 9.71. The molecule has 4 aliphatic rings. The highest BCUT2D eigenvalue weighted by molar-refractivity contribution is 5.38. The third-order valence-corrected chi connectivity index (χ3v) is 12.0. The molecular formula is C30H49NO2. The Kier molecular flexibility index (Phi) is 6.63. The molecule has 0 bridgehead atoms. The van der Waals surface area contributed by atoms with Crippen LogP contribution in [0.5, 0.6) is 0 Å². The topological polar surface area (TPSA) is 64.2 Å². The molecule has 33 heavy (non-hydrogen) atoms. The van der Waals surface area contributed by atoms with Gasteiger partial charge in [0.25, 0.3) is 0 Å². The fraction of sp³-hybridized carbons (Fsp3) is 0.900. The molecule has 0 aromatic rings. The molecule has 186 valence electrons. The van der Waals surface area contributed by atoms with Crippen LogP contribution in [0.2, 0.25) is 0 Å². The van der Waals surface area contributed by atoms with Gasteiger partial charge in [-0.25, -0.2) is 0 Å². The number of aliphatic hydroxyl groups excluding tert-OH is 2. The van der Waals surface area contributed by atoms with Crippen molar-refractivity contribution in [2.45, 2.75) is 131 Å². The van der Waals surface area contributed by atoms with Crippen LogP contribution in [0.25, 0.3) is 0 Å². The number of hydrogen-bond acceptors (Lipinski definition) is 3. The summed E-state index contributed by atoms with van der Waals surface area (Å²) in [4.78, 5) is 0. The second kappa shape index (κ2) is 8.67. The molecular weight excluding hydrogens is 406 g/mol. The molecule has 0 aromatic carbocycles. The summed E-state index contributed by atoms with van der Waals surface area (Å²) >= 11 is 0. The molecule has 0 saturated heterocycles. The highest BCUT2D eigenvalue weighted by Gasteiger charge is 2.63. The monoisotopic (exact) mass is 455 g/mol. The van der Waals surface area contributed by atoms with Gasteiger partial charge in [-0.1, -0.05) is 65.5 Å². The molecule has 0 radical (unpaired) electrons. The summed E-state index contributed by atoms with van der Waals surface area (Å²) in [5.74, 6) is 2.01. The van der Waals surface area contributed by atoms with Crippen LogP contribution in [0, 0.1) is 50.7 Å². The average molecular weight is 456 g/mol. The third-order valence-electron chi connectivity index (χ3n) is 12.0. The fourth-order valence-electron chi connectivity index (χ4n) is 9.71. The predicted molar refractivity (Wildman–Crippen MR) is 134 cm³/mol. The molecule has 0 spiro atoms. The van der Waals surface area contributed by atoms with Gasteiger partial charge in [-0.15, -0.1) is 0 Å². The van der Waals surface area contributed by atoms with E-state index >= 15 is 0 Å². The Bertz CT molecular complexity index is 824. The van der Waals surface area contributed by atoms with Crippen LogP contribution in [0.1, 0.15) is 119 Å². The maximum Gasteiger partial charge on any atom is 0.0670 e. The molecule has 0 aromatic heterocycles. The van der Waals surface area contributed by atoms with Crippen molar-refractivity contribution < 1.29 is 10.2 Å². The quantitative estimate of drug-likeness (QED) is 0.417. The second-order valence-electron chi connectivity index (χ2n) is 13.7. The van der Waals surface area contributed by atoms with Gasteiger partial charge in [-0.2, -0.15) is 5.26 Å². The van der Waals surface area contributed by atoms with Gasteiger partial charge in [0.05, 0.1) is 24.7 Å². The highest BCUT2D eigenvalue weighted by Crippen LogP contribution is 2.72. The van der Waals surface area contributed by atoms with Crippen molar-refractivity contribution in [3.05, 3.63) is 11.1 Å². The first-order valence-corrected chi connectivity index (χ1v) is 13.9.